The number of nitrogens with zero attached hydrogens (tertiary/aromatic N) is 2. The summed E-state index contributed by atoms with van der Waals surface area (Å²) in [6.07, 6.45) is 0. The zero-order chi connectivity index (χ0) is 27.3. The van der Waals surface area contributed by atoms with E-state index < -0.39 is 22.8 Å². The fourth-order valence-corrected chi connectivity index (χ4v) is 4.85. The van der Waals surface area contributed by atoms with Crippen molar-refractivity contribution < 1.29 is 19.0 Å². The smallest absolute Gasteiger partial charge is 0.344 e. The fourth-order valence-electron chi connectivity index (χ4n) is 4.85. The number of nitrogens with two attached hydrogens (primary N) is 1. The fraction of sp³-hybridized carbons (Fsp3) is 0.179. The summed E-state index contributed by atoms with van der Waals surface area (Å²) < 4.78 is 18.6. The van der Waals surface area contributed by atoms with Crippen LogP contribution in [-0.2, 0) is 14.1 Å². The molecular weight excluding hydrogens is 490 g/mol. The predicted octanol–water partition coefficient (Wildman–Crippen LogP) is 2.83. The van der Waals surface area contributed by atoms with Crippen LogP contribution in [0.1, 0.15) is 22.6 Å². The zero-order valence-electron chi connectivity index (χ0n) is 21.1. The minimum Gasteiger partial charge on any atom is -0.507 e. The van der Waals surface area contributed by atoms with Crippen LogP contribution in [0.4, 0.5) is 5.82 Å². The Morgan fingerprint density at radius 2 is 1.58 bits per heavy atom. The highest BCUT2D eigenvalue weighted by molar-refractivity contribution is 6.06. The summed E-state index contributed by atoms with van der Waals surface area (Å²) in [5.74, 6) is -0.997. The number of aromatic hydroxyl groups is 1. The Kier molecular flexibility index (Phi) is 5.94. The lowest BCUT2D eigenvalue weighted by atomic mass is 9.85. The van der Waals surface area contributed by atoms with Gasteiger partial charge >= 0.3 is 11.3 Å². The van der Waals surface area contributed by atoms with Crippen LogP contribution >= 0.6 is 0 Å². The van der Waals surface area contributed by atoms with Gasteiger partial charge in [-0.2, -0.15) is 0 Å². The van der Waals surface area contributed by atoms with E-state index in [9.17, 15) is 19.5 Å². The largest absolute Gasteiger partial charge is 0.507 e. The number of fused-ring (bicyclic) bond motifs is 3. The number of nitrogen functional groups attached to an aromatic ring is 1. The third kappa shape index (κ3) is 3.61. The Labute approximate surface area is 215 Å². The maximum Gasteiger partial charge on any atom is 0.344 e. The van der Waals surface area contributed by atoms with E-state index in [1.54, 1.807) is 42.5 Å². The first kappa shape index (κ1) is 24.7. The van der Waals surface area contributed by atoms with Crippen molar-refractivity contribution in [2.24, 2.45) is 14.1 Å². The molecule has 2 aromatic heterocycles. The molecule has 0 spiro atoms. The topological polar surface area (TPSA) is 139 Å². The number of methoxy groups -OCH3 is 2. The van der Waals surface area contributed by atoms with Crippen molar-refractivity contribution in [2.75, 3.05) is 20.0 Å². The van der Waals surface area contributed by atoms with Crippen molar-refractivity contribution in [2.45, 2.75) is 5.92 Å². The molecule has 10 heteroatoms. The first-order chi connectivity index (χ1) is 18.2. The van der Waals surface area contributed by atoms with Gasteiger partial charge in [-0.15, -0.1) is 0 Å². The van der Waals surface area contributed by atoms with E-state index in [0.29, 0.717) is 22.4 Å². The molecule has 0 aliphatic heterocycles. The second-order valence-electron chi connectivity index (χ2n) is 8.87. The van der Waals surface area contributed by atoms with E-state index in [1.165, 1.54) is 28.3 Å². The molecule has 0 amide bonds. The van der Waals surface area contributed by atoms with E-state index in [0.717, 1.165) is 14.5 Å². The van der Waals surface area contributed by atoms with E-state index in [-0.39, 0.29) is 33.7 Å². The molecule has 5 rings (SSSR count). The molecule has 0 bridgehead atoms. The van der Waals surface area contributed by atoms with E-state index >= 15 is 0 Å². The van der Waals surface area contributed by atoms with Gasteiger partial charge in [0.05, 0.1) is 36.7 Å². The normalized spacial score (nSPS) is 12.1. The monoisotopic (exact) mass is 515 g/mol. The Hall–Kier alpha value is -4.99. The number of hydrogen-bond donors (Lipinski definition) is 2. The maximum absolute atomic E-state index is 13.6. The highest BCUT2D eigenvalue weighted by atomic mass is 16.5. The molecule has 5 aromatic rings. The molecule has 1 atom stereocenters. The molecule has 0 radical (unpaired) electrons. The molecular formula is C28H25N3O7. The Morgan fingerprint density at radius 1 is 0.868 bits per heavy atom. The number of ether oxygens (including phenoxy) is 2. The SMILES string of the molecule is COc1ccc(C(c2c(O)c3ccc4ccccc4c3oc2=O)c2c(N)n(C)c(=O)n(C)c2=O)cc1OC. The summed E-state index contributed by atoms with van der Waals surface area (Å²) in [7, 11) is 5.66. The van der Waals surface area contributed by atoms with Crippen LogP contribution in [0.2, 0.25) is 0 Å². The van der Waals surface area contributed by atoms with Crippen LogP contribution in [0.5, 0.6) is 17.2 Å². The standard InChI is InChI=1S/C28H25N3O7/c1-30-25(29)22(26(33)31(2)28(30)35)20(15-10-12-18(36-3)19(13-15)37-4)21-23(32)17-11-9-14-7-5-6-8-16(14)24(17)38-27(21)34/h5-13,20,32H,29H2,1-4H3. The molecule has 0 saturated carbocycles. The van der Waals surface area contributed by atoms with Crippen molar-refractivity contribution in [1.82, 2.24) is 9.13 Å². The molecule has 0 saturated heterocycles. The Balaban J connectivity index is 1.93. The lowest BCUT2D eigenvalue weighted by Gasteiger charge is -2.22. The van der Waals surface area contributed by atoms with Crippen LogP contribution in [0.15, 0.2) is 73.4 Å². The van der Waals surface area contributed by atoms with Crippen molar-refractivity contribution in [1.29, 1.82) is 0 Å². The third-order valence-corrected chi connectivity index (χ3v) is 6.87. The highest BCUT2D eigenvalue weighted by Crippen LogP contribution is 2.42. The molecule has 38 heavy (non-hydrogen) atoms. The minimum absolute atomic E-state index is 0.0791. The lowest BCUT2D eigenvalue weighted by molar-refractivity contribution is 0.354. The minimum atomic E-state index is -1.22. The zero-order valence-corrected chi connectivity index (χ0v) is 21.1. The van der Waals surface area contributed by atoms with Crippen molar-refractivity contribution >= 4 is 27.6 Å². The lowest BCUT2D eigenvalue weighted by Crippen LogP contribution is -2.41. The molecule has 0 aliphatic carbocycles. The molecule has 2 heterocycles. The molecule has 3 N–H and O–H groups in total. The van der Waals surface area contributed by atoms with Crippen molar-refractivity contribution in [3.63, 3.8) is 0 Å². The Morgan fingerprint density at radius 3 is 2.29 bits per heavy atom. The van der Waals surface area contributed by atoms with E-state index in [1.807, 2.05) is 12.1 Å². The summed E-state index contributed by atoms with van der Waals surface area (Å²) in [6.45, 7) is 0. The van der Waals surface area contributed by atoms with Gasteiger partial charge in [0, 0.05) is 19.5 Å². The molecule has 1 unspecified atom stereocenters. The molecule has 3 aromatic carbocycles. The van der Waals surface area contributed by atoms with E-state index in [4.69, 9.17) is 19.6 Å². The number of rotatable bonds is 5. The van der Waals surface area contributed by atoms with Gasteiger partial charge in [-0.05, 0) is 29.1 Å². The first-order valence-electron chi connectivity index (χ1n) is 11.6. The van der Waals surface area contributed by atoms with Gasteiger partial charge in [0.25, 0.3) is 5.56 Å². The molecule has 10 nitrogen and oxygen atoms in total. The summed E-state index contributed by atoms with van der Waals surface area (Å²) in [6, 6.07) is 15.6. The summed E-state index contributed by atoms with van der Waals surface area (Å²) in [5.41, 5.74) is 4.41. The van der Waals surface area contributed by atoms with E-state index in [2.05, 4.69) is 0 Å². The van der Waals surface area contributed by atoms with Crippen LogP contribution in [0.25, 0.3) is 21.7 Å². The van der Waals surface area contributed by atoms with Crippen LogP contribution in [-0.4, -0.2) is 28.5 Å². The van der Waals surface area contributed by atoms with Crippen LogP contribution in [0.3, 0.4) is 0 Å². The van der Waals surface area contributed by atoms with Gasteiger partial charge in [0.2, 0.25) is 0 Å². The molecule has 0 fully saturated rings. The second-order valence-corrected chi connectivity index (χ2v) is 8.87. The third-order valence-electron chi connectivity index (χ3n) is 6.87. The van der Waals surface area contributed by atoms with Crippen LogP contribution < -0.4 is 32.1 Å². The number of benzene rings is 3. The van der Waals surface area contributed by atoms with Crippen molar-refractivity contribution in [3.05, 3.63) is 103 Å². The summed E-state index contributed by atoms with van der Waals surface area (Å²) in [5, 5.41) is 13.3. The van der Waals surface area contributed by atoms with Crippen molar-refractivity contribution in [3.8, 4) is 17.2 Å². The van der Waals surface area contributed by atoms with Gasteiger partial charge < -0.3 is 24.7 Å². The van der Waals surface area contributed by atoms with Gasteiger partial charge in [0.1, 0.15) is 17.2 Å². The molecule has 0 aliphatic rings. The average molecular weight is 516 g/mol. The predicted molar refractivity (Wildman–Crippen MR) is 143 cm³/mol. The average Bonchev–Trinajstić information content (AvgIpc) is 2.93. The van der Waals surface area contributed by atoms with Gasteiger partial charge in [-0.25, -0.2) is 9.59 Å². The van der Waals surface area contributed by atoms with Crippen LogP contribution in [0, 0.1) is 0 Å². The Bertz CT molecular complexity index is 1920. The van der Waals surface area contributed by atoms with Gasteiger partial charge in [-0.1, -0.05) is 36.4 Å². The molecule has 194 valence electrons. The maximum atomic E-state index is 13.6. The highest BCUT2D eigenvalue weighted by Gasteiger charge is 2.33. The second kappa shape index (κ2) is 9.15. The van der Waals surface area contributed by atoms with Gasteiger partial charge in [0.15, 0.2) is 11.5 Å². The number of anilines is 1. The number of hydrogen-bond acceptors (Lipinski definition) is 8. The quantitative estimate of drug-likeness (QED) is 0.269. The number of aromatic nitrogens is 2. The first-order valence-corrected chi connectivity index (χ1v) is 11.6. The summed E-state index contributed by atoms with van der Waals surface area (Å²) >= 11 is 0. The van der Waals surface area contributed by atoms with Gasteiger partial charge in [-0.3, -0.25) is 13.9 Å². The summed E-state index contributed by atoms with van der Waals surface area (Å²) in [4.78, 5) is 39.7.